The van der Waals surface area contributed by atoms with Gasteiger partial charge in [-0.15, -0.1) is 0 Å². The van der Waals surface area contributed by atoms with E-state index in [9.17, 15) is 9.59 Å². The van der Waals surface area contributed by atoms with Crippen LogP contribution in [0.3, 0.4) is 0 Å². The van der Waals surface area contributed by atoms with Crippen LogP contribution in [0.4, 0.5) is 0 Å². The van der Waals surface area contributed by atoms with E-state index in [1.54, 1.807) is 11.8 Å². The molecule has 2 amide bonds. The highest BCUT2D eigenvalue weighted by Crippen LogP contribution is 2.29. The van der Waals surface area contributed by atoms with Gasteiger partial charge in [-0.25, -0.2) is 0 Å². The highest BCUT2D eigenvalue weighted by Gasteiger charge is 2.26. The summed E-state index contributed by atoms with van der Waals surface area (Å²) in [5, 5.41) is 3.00. The molecule has 6 nitrogen and oxygen atoms in total. The van der Waals surface area contributed by atoms with Crippen molar-refractivity contribution in [1.29, 1.82) is 0 Å². The smallest absolute Gasteiger partial charge is 0.242 e. The lowest BCUT2D eigenvalue weighted by Crippen LogP contribution is -2.49. The van der Waals surface area contributed by atoms with Gasteiger partial charge in [-0.1, -0.05) is 41.1 Å². The Morgan fingerprint density at radius 2 is 1.68 bits per heavy atom. The molecule has 7 heteroatoms. The highest BCUT2D eigenvalue weighted by molar-refractivity contribution is 9.10. The summed E-state index contributed by atoms with van der Waals surface area (Å²) in [5.74, 6) is 1.17. The van der Waals surface area contributed by atoms with Crippen molar-refractivity contribution < 1.29 is 19.1 Å². The predicted octanol–water partition coefficient (Wildman–Crippen LogP) is 5.51. The number of rotatable bonds is 13. The zero-order valence-electron chi connectivity index (χ0n) is 20.9. The van der Waals surface area contributed by atoms with Crippen LogP contribution in [0.15, 0.2) is 46.9 Å². The molecule has 0 fully saturated rings. The van der Waals surface area contributed by atoms with Crippen molar-refractivity contribution in [3.63, 3.8) is 0 Å². The molecular weight excluding hydrogens is 496 g/mol. The van der Waals surface area contributed by atoms with E-state index < -0.39 is 6.04 Å². The third-order valence-corrected chi connectivity index (χ3v) is 6.14. The van der Waals surface area contributed by atoms with Crippen molar-refractivity contribution >= 4 is 27.7 Å². The third kappa shape index (κ3) is 8.35. The standard InChI is InChI=1S/C27H37BrN2O4/c1-6-19(4)29-27(32)20(5)30(18-22-10-9-11-23(28)16-22)26(31)15-13-21-12-14-24(33-7-2)25(17-21)34-8-3/h9-12,14,16-17,19-20H,6-8,13,15,18H2,1-5H3,(H,29,32)/t19-,20-/m1/s1. The minimum absolute atomic E-state index is 0.0543. The van der Waals surface area contributed by atoms with Crippen molar-refractivity contribution in [2.24, 2.45) is 0 Å². The number of aryl methyl sites for hydroxylation is 1. The Bertz CT molecular complexity index is 950. The fourth-order valence-corrected chi connectivity index (χ4v) is 3.97. The zero-order chi connectivity index (χ0) is 25.1. The minimum atomic E-state index is -0.584. The van der Waals surface area contributed by atoms with Crippen molar-refractivity contribution in [3.05, 3.63) is 58.1 Å². The van der Waals surface area contributed by atoms with Crippen molar-refractivity contribution in [2.45, 2.75) is 72.5 Å². The summed E-state index contributed by atoms with van der Waals surface area (Å²) in [6.07, 6.45) is 1.66. The van der Waals surface area contributed by atoms with E-state index in [1.165, 1.54) is 0 Å². The van der Waals surface area contributed by atoms with Gasteiger partial charge in [0.15, 0.2) is 11.5 Å². The summed E-state index contributed by atoms with van der Waals surface area (Å²) in [5.41, 5.74) is 1.95. The second-order valence-corrected chi connectivity index (χ2v) is 9.21. The van der Waals surface area contributed by atoms with Gasteiger partial charge in [-0.2, -0.15) is 0 Å². The van der Waals surface area contributed by atoms with Crippen molar-refractivity contribution in [2.75, 3.05) is 13.2 Å². The number of benzene rings is 2. The third-order valence-electron chi connectivity index (χ3n) is 5.65. The Kier molecular flexibility index (Phi) is 11.4. The average molecular weight is 534 g/mol. The average Bonchev–Trinajstić information content (AvgIpc) is 2.82. The maximum Gasteiger partial charge on any atom is 0.242 e. The Balaban J connectivity index is 2.18. The molecule has 34 heavy (non-hydrogen) atoms. The second kappa shape index (κ2) is 14.0. The molecule has 2 aromatic carbocycles. The number of carbonyl (C=O) groups excluding carboxylic acids is 2. The maximum atomic E-state index is 13.4. The maximum absolute atomic E-state index is 13.4. The van der Waals surface area contributed by atoms with Gasteiger partial charge in [-0.05, 0) is 75.9 Å². The van der Waals surface area contributed by atoms with E-state index in [1.807, 2.05) is 70.2 Å². The lowest BCUT2D eigenvalue weighted by Gasteiger charge is -2.30. The van der Waals surface area contributed by atoms with Crippen LogP contribution in [0, 0.1) is 0 Å². The highest BCUT2D eigenvalue weighted by atomic mass is 79.9. The number of carbonyl (C=O) groups is 2. The molecule has 2 atom stereocenters. The summed E-state index contributed by atoms with van der Waals surface area (Å²) in [7, 11) is 0. The molecule has 186 valence electrons. The van der Waals surface area contributed by atoms with E-state index in [4.69, 9.17) is 9.47 Å². The minimum Gasteiger partial charge on any atom is -0.490 e. The number of amides is 2. The molecule has 0 saturated carbocycles. The van der Waals surface area contributed by atoms with Gasteiger partial charge in [0.1, 0.15) is 6.04 Å². The monoisotopic (exact) mass is 532 g/mol. The van der Waals surface area contributed by atoms with E-state index >= 15 is 0 Å². The molecule has 0 saturated heterocycles. The van der Waals surface area contributed by atoms with Gasteiger partial charge < -0.3 is 19.7 Å². The lowest BCUT2D eigenvalue weighted by molar-refractivity contribution is -0.140. The van der Waals surface area contributed by atoms with Crippen LogP contribution in [0.1, 0.15) is 58.6 Å². The molecule has 2 aromatic rings. The first-order valence-electron chi connectivity index (χ1n) is 12.0. The molecule has 2 rings (SSSR count). The second-order valence-electron chi connectivity index (χ2n) is 8.29. The molecule has 0 aromatic heterocycles. The fraction of sp³-hybridized carbons (Fsp3) is 0.481. The zero-order valence-corrected chi connectivity index (χ0v) is 22.5. The number of nitrogens with one attached hydrogen (secondary N) is 1. The van der Waals surface area contributed by atoms with Gasteiger partial charge in [0.25, 0.3) is 0 Å². The molecule has 0 aliphatic rings. The first-order chi connectivity index (χ1) is 16.3. The molecule has 0 heterocycles. The molecule has 0 spiro atoms. The topological polar surface area (TPSA) is 67.9 Å². The number of halogens is 1. The van der Waals surface area contributed by atoms with Gasteiger partial charge >= 0.3 is 0 Å². The van der Waals surface area contributed by atoms with Gasteiger partial charge in [0, 0.05) is 23.5 Å². The molecule has 0 aliphatic heterocycles. The van der Waals surface area contributed by atoms with Crippen LogP contribution < -0.4 is 14.8 Å². The molecular formula is C27H37BrN2O4. The van der Waals surface area contributed by atoms with Crippen molar-refractivity contribution in [1.82, 2.24) is 10.2 Å². The number of hydrogen-bond acceptors (Lipinski definition) is 4. The largest absolute Gasteiger partial charge is 0.490 e. The molecule has 0 bridgehead atoms. The first kappa shape index (κ1) is 27.7. The van der Waals surface area contributed by atoms with E-state index in [-0.39, 0.29) is 24.3 Å². The predicted molar refractivity (Wildman–Crippen MR) is 139 cm³/mol. The summed E-state index contributed by atoms with van der Waals surface area (Å²) in [6.45, 7) is 11.1. The van der Waals surface area contributed by atoms with E-state index in [0.717, 1.165) is 22.0 Å². The Labute approximate surface area is 212 Å². The first-order valence-corrected chi connectivity index (χ1v) is 12.8. The Morgan fingerprint density at radius 3 is 2.32 bits per heavy atom. The van der Waals surface area contributed by atoms with Crippen LogP contribution >= 0.6 is 15.9 Å². The van der Waals surface area contributed by atoms with Crippen LogP contribution in [-0.2, 0) is 22.6 Å². The van der Waals surface area contributed by atoms with E-state index in [0.29, 0.717) is 37.7 Å². The molecule has 0 unspecified atom stereocenters. The lowest BCUT2D eigenvalue weighted by atomic mass is 10.1. The van der Waals surface area contributed by atoms with Gasteiger partial charge in [0.2, 0.25) is 11.8 Å². The van der Waals surface area contributed by atoms with Gasteiger partial charge in [0.05, 0.1) is 13.2 Å². The molecule has 0 aliphatic carbocycles. The van der Waals surface area contributed by atoms with Crippen LogP contribution in [0.5, 0.6) is 11.5 Å². The van der Waals surface area contributed by atoms with Crippen LogP contribution in [0.25, 0.3) is 0 Å². The van der Waals surface area contributed by atoms with E-state index in [2.05, 4.69) is 21.2 Å². The summed E-state index contributed by atoms with van der Waals surface area (Å²) < 4.78 is 12.3. The Morgan fingerprint density at radius 1 is 0.971 bits per heavy atom. The summed E-state index contributed by atoms with van der Waals surface area (Å²) in [6, 6.07) is 13.1. The normalized spacial score (nSPS) is 12.5. The van der Waals surface area contributed by atoms with Crippen LogP contribution in [0.2, 0.25) is 0 Å². The quantitative estimate of drug-likeness (QED) is 0.369. The summed E-state index contributed by atoms with van der Waals surface area (Å²) in [4.78, 5) is 27.9. The van der Waals surface area contributed by atoms with Gasteiger partial charge in [-0.3, -0.25) is 9.59 Å². The molecule has 0 radical (unpaired) electrons. The SMILES string of the molecule is CCOc1ccc(CCC(=O)N(Cc2cccc(Br)c2)[C@H](C)C(=O)N[C@H](C)CC)cc1OCC. The number of nitrogens with zero attached hydrogens (tertiary/aromatic N) is 1. The summed E-state index contributed by atoms with van der Waals surface area (Å²) >= 11 is 3.49. The number of hydrogen-bond donors (Lipinski definition) is 1. The Hall–Kier alpha value is -2.54. The van der Waals surface area contributed by atoms with Crippen molar-refractivity contribution in [3.8, 4) is 11.5 Å². The fourth-order valence-electron chi connectivity index (χ4n) is 3.53. The number of ether oxygens (including phenoxy) is 2. The van der Waals surface area contributed by atoms with Crippen LogP contribution in [-0.4, -0.2) is 42.0 Å². The molecule has 1 N–H and O–H groups in total.